The number of hydrogen-bond donors (Lipinski definition) is 1. The van der Waals surface area contributed by atoms with Gasteiger partial charge < -0.3 is 10.2 Å². The number of sulfonamides is 1. The second kappa shape index (κ2) is 9.52. The third kappa shape index (κ3) is 4.67. The zero-order chi connectivity index (χ0) is 23.5. The minimum absolute atomic E-state index is 0.0412. The van der Waals surface area contributed by atoms with Crippen LogP contribution in [0.15, 0.2) is 59.5 Å². The lowest BCUT2D eigenvalue weighted by Gasteiger charge is -2.32. The van der Waals surface area contributed by atoms with Crippen LogP contribution in [0.3, 0.4) is 0 Å². The summed E-state index contributed by atoms with van der Waals surface area (Å²) in [5, 5.41) is 2.82. The van der Waals surface area contributed by atoms with Crippen molar-refractivity contribution < 1.29 is 22.8 Å². The summed E-state index contributed by atoms with van der Waals surface area (Å²) in [5.41, 5.74) is 0.829. The maximum absolute atomic E-state index is 13.4. The molecule has 0 fully saturated rings. The molecule has 0 saturated carbocycles. The van der Waals surface area contributed by atoms with Crippen molar-refractivity contribution in [2.45, 2.75) is 50.7 Å². The third-order valence-corrected chi connectivity index (χ3v) is 6.99. The fourth-order valence-corrected chi connectivity index (χ4v) is 5.20. The molecular formula is C23H27N3O5S. The number of carbonyl (C=O) groups excluding carboxylic acids is 3. The van der Waals surface area contributed by atoms with E-state index in [0.717, 1.165) is 5.56 Å². The molecule has 0 aliphatic carbocycles. The van der Waals surface area contributed by atoms with Gasteiger partial charge in [0.1, 0.15) is 17.5 Å². The first-order valence-electron chi connectivity index (χ1n) is 10.5. The maximum Gasteiger partial charge on any atom is 0.269 e. The fraction of sp³-hybridized carbons (Fsp3) is 0.348. The van der Waals surface area contributed by atoms with Gasteiger partial charge in [-0.05, 0) is 38.0 Å². The smallest absolute Gasteiger partial charge is 0.269 e. The molecule has 32 heavy (non-hydrogen) atoms. The highest BCUT2D eigenvalue weighted by Crippen LogP contribution is 2.30. The van der Waals surface area contributed by atoms with Crippen LogP contribution in [0, 0.1) is 0 Å². The van der Waals surface area contributed by atoms with Gasteiger partial charge in [0.15, 0.2) is 0 Å². The van der Waals surface area contributed by atoms with E-state index < -0.39 is 34.4 Å². The van der Waals surface area contributed by atoms with E-state index in [4.69, 9.17) is 0 Å². The topological polar surface area (TPSA) is 104 Å². The van der Waals surface area contributed by atoms with Crippen molar-refractivity contribution in [3.63, 3.8) is 0 Å². The van der Waals surface area contributed by atoms with Crippen LogP contribution >= 0.6 is 0 Å². The Labute approximate surface area is 188 Å². The molecule has 1 aliphatic rings. The maximum atomic E-state index is 13.4. The summed E-state index contributed by atoms with van der Waals surface area (Å²) in [7, 11) is -4.13. The zero-order valence-corrected chi connectivity index (χ0v) is 19.1. The van der Waals surface area contributed by atoms with Crippen LogP contribution in [0.25, 0.3) is 0 Å². The Morgan fingerprint density at radius 1 is 1.03 bits per heavy atom. The van der Waals surface area contributed by atoms with E-state index in [2.05, 4.69) is 5.32 Å². The van der Waals surface area contributed by atoms with E-state index in [-0.39, 0.29) is 29.0 Å². The molecule has 1 atom stereocenters. The Morgan fingerprint density at radius 2 is 1.66 bits per heavy atom. The number of nitrogens with one attached hydrogen (secondary N) is 1. The quantitative estimate of drug-likeness (QED) is 0.654. The molecule has 1 heterocycles. The number of fused-ring (bicyclic) bond motifs is 1. The largest absolute Gasteiger partial charge is 0.352 e. The van der Waals surface area contributed by atoms with Crippen molar-refractivity contribution >= 4 is 27.7 Å². The number of nitrogens with zero attached hydrogens (tertiary/aromatic N) is 2. The molecule has 0 aromatic heterocycles. The van der Waals surface area contributed by atoms with Crippen LogP contribution in [0.4, 0.5) is 0 Å². The Bertz CT molecular complexity index is 1120. The van der Waals surface area contributed by atoms with Gasteiger partial charge in [-0.25, -0.2) is 12.7 Å². The van der Waals surface area contributed by atoms with Crippen LogP contribution in [0.2, 0.25) is 0 Å². The van der Waals surface area contributed by atoms with Gasteiger partial charge in [0.2, 0.25) is 11.8 Å². The van der Waals surface area contributed by atoms with Crippen molar-refractivity contribution in [3.05, 3.63) is 65.7 Å². The van der Waals surface area contributed by atoms with E-state index >= 15 is 0 Å². The van der Waals surface area contributed by atoms with Gasteiger partial charge in [0.05, 0.1) is 5.56 Å². The molecule has 9 heteroatoms. The Morgan fingerprint density at radius 3 is 2.25 bits per heavy atom. The number of rotatable bonds is 8. The second-order valence-corrected chi connectivity index (χ2v) is 9.74. The highest BCUT2D eigenvalue weighted by atomic mass is 32.2. The summed E-state index contributed by atoms with van der Waals surface area (Å²) in [6, 6.07) is 14.0. The van der Waals surface area contributed by atoms with Gasteiger partial charge in [0.25, 0.3) is 15.9 Å². The van der Waals surface area contributed by atoms with Crippen molar-refractivity contribution in [3.8, 4) is 0 Å². The van der Waals surface area contributed by atoms with Gasteiger partial charge in [-0.1, -0.05) is 49.4 Å². The van der Waals surface area contributed by atoms with Gasteiger partial charge in [-0.2, -0.15) is 0 Å². The summed E-state index contributed by atoms with van der Waals surface area (Å²) in [6.07, 6.45) is 0.331. The molecule has 3 amide bonds. The predicted molar refractivity (Wildman–Crippen MR) is 119 cm³/mol. The van der Waals surface area contributed by atoms with E-state index in [0.29, 0.717) is 10.7 Å². The Hall–Kier alpha value is -3.20. The molecule has 0 spiro atoms. The van der Waals surface area contributed by atoms with Gasteiger partial charge >= 0.3 is 0 Å². The van der Waals surface area contributed by atoms with Gasteiger partial charge in [0, 0.05) is 12.6 Å². The van der Waals surface area contributed by atoms with Crippen LogP contribution in [-0.4, -0.2) is 54.0 Å². The molecule has 2 aromatic rings. The first-order chi connectivity index (χ1) is 15.2. The van der Waals surface area contributed by atoms with Gasteiger partial charge in [-0.3, -0.25) is 14.4 Å². The summed E-state index contributed by atoms with van der Waals surface area (Å²) < 4.78 is 26.4. The molecule has 0 bridgehead atoms. The molecule has 170 valence electrons. The second-order valence-electron chi connectivity index (χ2n) is 7.91. The number of carbonyl (C=O) groups is 3. The Kier molecular flexibility index (Phi) is 6.98. The molecule has 1 N–H and O–H groups in total. The normalized spacial score (nSPS) is 15.4. The number of hydrogen-bond acceptors (Lipinski definition) is 5. The van der Waals surface area contributed by atoms with Crippen molar-refractivity contribution in [2.24, 2.45) is 0 Å². The van der Waals surface area contributed by atoms with Crippen molar-refractivity contribution in [2.75, 3.05) is 6.54 Å². The van der Waals surface area contributed by atoms with E-state index in [1.165, 1.54) is 23.1 Å². The standard InChI is InChI=1S/C23H27N3O5S/c1-4-19(22(28)24-16(2)3)25(14-17-10-6-5-7-11-17)21(27)15-26-23(29)18-12-8-9-13-20(18)32(26,30)31/h5-13,16,19H,4,14-15H2,1-3H3,(H,24,28)/t19-/m0/s1. The summed E-state index contributed by atoms with van der Waals surface area (Å²) in [6.45, 7) is 4.86. The molecule has 0 unspecified atom stereocenters. The highest BCUT2D eigenvalue weighted by molar-refractivity contribution is 7.90. The third-order valence-electron chi connectivity index (χ3n) is 5.20. The number of amides is 3. The Balaban J connectivity index is 1.91. The van der Waals surface area contributed by atoms with Crippen LogP contribution < -0.4 is 5.32 Å². The molecular weight excluding hydrogens is 430 g/mol. The molecule has 0 saturated heterocycles. The lowest BCUT2D eigenvalue weighted by Crippen LogP contribution is -2.53. The van der Waals surface area contributed by atoms with Crippen LogP contribution in [0.5, 0.6) is 0 Å². The zero-order valence-electron chi connectivity index (χ0n) is 18.3. The molecule has 3 rings (SSSR count). The first kappa shape index (κ1) is 23.5. The average Bonchev–Trinajstić information content (AvgIpc) is 2.94. The van der Waals surface area contributed by atoms with E-state index in [9.17, 15) is 22.8 Å². The van der Waals surface area contributed by atoms with Gasteiger partial charge in [-0.15, -0.1) is 0 Å². The minimum atomic E-state index is -4.13. The van der Waals surface area contributed by atoms with Crippen LogP contribution in [-0.2, 0) is 26.2 Å². The molecule has 1 aliphatic heterocycles. The molecule has 8 nitrogen and oxygen atoms in total. The van der Waals surface area contributed by atoms with Crippen molar-refractivity contribution in [1.82, 2.24) is 14.5 Å². The predicted octanol–water partition coefficient (Wildman–Crippen LogP) is 2.16. The lowest BCUT2D eigenvalue weighted by atomic mass is 10.1. The first-order valence-corrected chi connectivity index (χ1v) is 11.9. The SMILES string of the molecule is CC[C@@H](C(=O)NC(C)C)N(Cc1ccccc1)C(=O)CN1C(=O)c2ccccc2S1(=O)=O. The van der Waals surface area contributed by atoms with E-state index in [1.807, 2.05) is 44.2 Å². The minimum Gasteiger partial charge on any atom is -0.352 e. The summed E-state index contributed by atoms with van der Waals surface area (Å²) >= 11 is 0. The van der Waals surface area contributed by atoms with Crippen LogP contribution in [0.1, 0.15) is 43.1 Å². The molecule has 0 radical (unpaired) electrons. The molecule has 2 aromatic carbocycles. The highest BCUT2D eigenvalue weighted by Gasteiger charge is 2.43. The summed E-state index contributed by atoms with van der Waals surface area (Å²) in [4.78, 5) is 40.2. The monoisotopic (exact) mass is 457 g/mol. The average molecular weight is 458 g/mol. The summed E-state index contributed by atoms with van der Waals surface area (Å²) in [5.74, 6) is -1.69. The lowest BCUT2D eigenvalue weighted by molar-refractivity contribution is -0.141. The van der Waals surface area contributed by atoms with Crippen molar-refractivity contribution in [1.29, 1.82) is 0 Å². The number of benzene rings is 2. The fourth-order valence-electron chi connectivity index (χ4n) is 3.68. The van der Waals surface area contributed by atoms with E-state index in [1.54, 1.807) is 13.0 Å².